The molecule has 2 aromatic rings. The molecule has 1 amide bonds. The fourth-order valence-electron chi connectivity index (χ4n) is 3.24. The van der Waals surface area contributed by atoms with Crippen LogP contribution in [0.15, 0.2) is 48.5 Å². The first-order valence-electron chi connectivity index (χ1n) is 9.09. The number of rotatable bonds is 6. The largest absolute Gasteiger partial charge is 0.496 e. The third-order valence-electron chi connectivity index (χ3n) is 4.91. The number of ether oxygens (including phenoxy) is 2. The van der Waals surface area contributed by atoms with Gasteiger partial charge in [0.25, 0.3) is 0 Å². The Morgan fingerprint density at radius 2 is 2.04 bits per heavy atom. The number of nitrogens with zero attached hydrogens (tertiary/aromatic N) is 1. The quantitative estimate of drug-likeness (QED) is 0.823. The molecule has 2 unspecified atom stereocenters. The second-order valence-corrected chi connectivity index (χ2v) is 7.05. The number of hydrogen-bond donors (Lipinski definition) is 1. The van der Waals surface area contributed by atoms with Gasteiger partial charge in [-0.3, -0.25) is 9.69 Å². The van der Waals surface area contributed by atoms with E-state index in [1.165, 1.54) is 0 Å². The lowest BCUT2D eigenvalue weighted by Gasteiger charge is -2.36. The average Bonchev–Trinajstić information content (AvgIpc) is 2.72. The van der Waals surface area contributed by atoms with E-state index in [-0.39, 0.29) is 18.1 Å². The zero-order chi connectivity index (χ0) is 19.2. The van der Waals surface area contributed by atoms with Crippen LogP contribution in [0.5, 0.6) is 5.75 Å². The summed E-state index contributed by atoms with van der Waals surface area (Å²) in [6, 6.07) is 15.1. The first-order chi connectivity index (χ1) is 13.1. The van der Waals surface area contributed by atoms with Crippen molar-refractivity contribution in [3.8, 4) is 5.75 Å². The number of carbonyl (C=O) groups excluding carboxylic acids is 1. The number of morpholine rings is 1. The molecule has 1 aliphatic heterocycles. The molecular weight excluding hydrogens is 364 g/mol. The SMILES string of the molecule is COc1ccccc1CNC(=O)C(C)N1CCOC(c2ccc(Cl)cc2)C1. The Morgan fingerprint density at radius 3 is 2.78 bits per heavy atom. The minimum atomic E-state index is -0.238. The smallest absolute Gasteiger partial charge is 0.237 e. The number of benzene rings is 2. The van der Waals surface area contributed by atoms with Crippen molar-refractivity contribution in [1.82, 2.24) is 10.2 Å². The van der Waals surface area contributed by atoms with Gasteiger partial charge in [0.05, 0.1) is 25.9 Å². The molecule has 0 radical (unpaired) electrons. The van der Waals surface area contributed by atoms with Crippen LogP contribution in [0.25, 0.3) is 0 Å². The number of para-hydroxylation sites is 1. The molecule has 0 saturated carbocycles. The lowest BCUT2D eigenvalue weighted by Crippen LogP contribution is -2.50. The highest BCUT2D eigenvalue weighted by Gasteiger charge is 2.28. The first kappa shape index (κ1) is 19.7. The zero-order valence-corrected chi connectivity index (χ0v) is 16.4. The van der Waals surface area contributed by atoms with Gasteiger partial charge in [0, 0.05) is 30.2 Å². The van der Waals surface area contributed by atoms with Gasteiger partial charge in [-0.05, 0) is 30.7 Å². The van der Waals surface area contributed by atoms with Gasteiger partial charge >= 0.3 is 0 Å². The molecule has 6 heteroatoms. The summed E-state index contributed by atoms with van der Waals surface area (Å²) in [4.78, 5) is 14.8. The van der Waals surface area contributed by atoms with E-state index >= 15 is 0 Å². The van der Waals surface area contributed by atoms with Crippen molar-refractivity contribution in [1.29, 1.82) is 0 Å². The van der Waals surface area contributed by atoms with Crippen molar-refractivity contribution >= 4 is 17.5 Å². The molecule has 27 heavy (non-hydrogen) atoms. The van der Waals surface area contributed by atoms with Crippen LogP contribution in [0.3, 0.4) is 0 Å². The lowest BCUT2D eigenvalue weighted by atomic mass is 10.1. The first-order valence-corrected chi connectivity index (χ1v) is 9.47. The van der Waals surface area contributed by atoms with E-state index in [1.807, 2.05) is 55.5 Å². The summed E-state index contributed by atoms with van der Waals surface area (Å²) in [5.74, 6) is 0.775. The van der Waals surface area contributed by atoms with E-state index < -0.39 is 0 Å². The second-order valence-electron chi connectivity index (χ2n) is 6.61. The Bertz CT molecular complexity index is 766. The highest BCUT2D eigenvalue weighted by atomic mass is 35.5. The Kier molecular flexibility index (Phi) is 6.72. The molecule has 1 heterocycles. The van der Waals surface area contributed by atoms with E-state index in [0.717, 1.165) is 23.4 Å². The summed E-state index contributed by atoms with van der Waals surface area (Å²) in [7, 11) is 1.63. The molecule has 0 aromatic heterocycles. The Morgan fingerprint density at radius 1 is 1.30 bits per heavy atom. The second kappa shape index (κ2) is 9.22. The van der Waals surface area contributed by atoms with Gasteiger partial charge < -0.3 is 14.8 Å². The fourth-order valence-corrected chi connectivity index (χ4v) is 3.37. The predicted molar refractivity (Wildman–Crippen MR) is 106 cm³/mol. The summed E-state index contributed by atoms with van der Waals surface area (Å²) in [6.07, 6.45) is -0.0551. The van der Waals surface area contributed by atoms with Crippen molar-refractivity contribution in [2.45, 2.75) is 25.6 Å². The van der Waals surface area contributed by atoms with E-state index in [0.29, 0.717) is 24.7 Å². The summed E-state index contributed by atoms with van der Waals surface area (Å²) in [5, 5.41) is 3.72. The van der Waals surface area contributed by atoms with Gasteiger partial charge in [-0.2, -0.15) is 0 Å². The maximum atomic E-state index is 12.7. The third-order valence-corrected chi connectivity index (χ3v) is 5.16. The molecule has 2 atom stereocenters. The number of amides is 1. The van der Waals surface area contributed by atoms with Crippen molar-refractivity contribution < 1.29 is 14.3 Å². The van der Waals surface area contributed by atoms with Crippen LogP contribution in [-0.2, 0) is 16.1 Å². The molecular formula is C21H25ClN2O3. The Hall–Kier alpha value is -2.08. The van der Waals surface area contributed by atoms with Crippen LogP contribution in [0.2, 0.25) is 5.02 Å². The predicted octanol–water partition coefficient (Wildman–Crippen LogP) is 3.43. The van der Waals surface area contributed by atoms with Gasteiger partial charge in [0.1, 0.15) is 5.75 Å². The van der Waals surface area contributed by atoms with Crippen LogP contribution in [0, 0.1) is 0 Å². The molecule has 3 rings (SSSR count). The monoisotopic (exact) mass is 388 g/mol. The van der Waals surface area contributed by atoms with Gasteiger partial charge in [-0.25, -0.2) is 0 Å². The molecule has 1 N–H and O–H groups in total. The van der Waals surface area contributed by atoms with Gasteiger partial charge in [-0.1, -0.05) is 41.9 Å². The van der Waals surface area contributed by atoms with Gasteiger partial charge in [0.15, 0.2) is 0 Å². The average molecular weight is 389 g/mol. The summed E-state index contributed by atoms with van der Waals surface area (Å²) < 4.78 is 11.2. The highest BCUT2D eigenvalue weighted by molar-refractivity contribution is 6.30. The van der Waals surface area contributed by atoms with E-state index in [4.69, 9.17) is 21.1 Å². The van der Waals surface area contributed by atoms with Crippen LogP contribution in [0.4, 0.5) is 0 Å². The van der Waals surface area contributed by atoms with Crippen molar-refractivity contribution in [3.63, 3.8) is 0 Å². The number of carbonyl (C=O) groups is 1. The minimum Gasteiger partial charge on any atom is -0.496 e. The topological polar surface area (TPSA) is 50.8 Å². The van der Waals surface area contributed by atoms with Crippen LogP contribution < -0.4 is 10.1 Å². The maximum absolute atomic E-state index is 12.7. The van der Waals surface area contributed by atoms with E-state index in [2.05, 4.69) is 10.2 Å². The maximum Gasteiger partial charge on any atom is 0.237 e. The van der Waals surface area contributed by atoms with Crippen LogP contribution in [0.1, 0.15) is 24.2 Å². The molecule has 1 aliphatic rings. The molecule has 2 aromatic carbocycles. The van der Waals surface area contributed by atoms with Gasteiger partial charge in [-0.15, -0.1) is 0 Å². The molecule has 0 aliphatic carbocycles. The summed E-state index contributed by atoms with van der Waals surface area (Å²) in [6.45, 7) is 4.37. The number of hydrogen-bond acceptors (Lipinski definition) is 4. The van der Waals surface area contributed by atoms with Crippen molar-refractivity contribution in [2.75, 3.05) is 26.8 Å². The van der Waals surface area contributed by atoms with Crippen molar-refractivity contribution in [2.24, 2.45) is 0 Å². The fraction of sp³-hybridized carbons (Fsp3) is 0.381. The normalized spacial score (nSPS) is 18.7. The Balaban J connectivity index is 1.58. The minimum absolute atomic E-state index is 0.00216. The van der Waals surface area contributed by atoms with E-state index in [1.54, 1.807) is 7.11 Å². The van der Waals surface area contributed by atoms with E-state index in [9.17, 15) is 4.79 Å². The van der Waals surface area contributed by atoms with Crippen LogP contribution in [-0.4, -0.2) is 43.7 Å². The third kappa shape index (κ3) is 5.01. The summed E-state index contributed by atoms with van der Waals surface area (Å²) in [5.41, 5.74) is 2.03. The zero-order valence-electron chi connectivity index (χ0n) is 15.7. The van der Waals surface area contributed by atoms with Gasteiger partial charge in [0.2, 0.25) is 5.91 Å². The van der Waals surface area contributed by atoms with Crippen molar-refractivity contribution in [3.05, 3.63) is 64.7 Å². The number of nitrogens with one attached hydrogen (secondary N) is 1. The molecule has 5 nitrogen and oxygen atoms in total. The number of halogens is 1. The standard InChI is InChI=1S/C21H25ClN2O3/c1-15(21(25)23-13-17-5-3-4-6-19(17)26-2)24-11-12-27-20(14-24)16-7-9-18(22)10-8-16/h3-10,15,20H,11-14H2,1-2H3,(H,23,25). The molecule has 0 spiro atoms. The highest BCUT2D eigenvalue weighted by Crippen LogP contribution is 2.25. The summed E-state index contributed by atoms with van der Waals surface area (Å²) >= 11 is 5.97. The number of methoxy groups -OCH3 is 1. The molecule has 144 valence electrons. The lowest BCUT2D eigenvalue weighted by molar-refractivity contribution is -0.129. The van der Waals surface area contributed by atoms with Crippen LogP contribution >= 0.6 is 11.6 Å². The molecule has 1 fully saturated rings. The Labute approximate surface area is 165 Å². The molecule has 0 bridgehead atoms. The molecule has 1 saturated heterocycles.